The van der Waals surface area contributed by atoms with Gasteiger partial charge in [-0.1, -0.05) is 19.8 Å². The molecule has 18 heavy (non-hydrogen) atoms. The van der Waals surface area contributed by atoms with E-state index in [0.717, 1.165) is 24.9 Å². The van der Waals surface area contributed by atoms with Crippen molar-refractivity contribution in [3.05, 3.63) is 16.1 Å². The van der Waals surface area contributed by atoms with E-state index in [-0.39, 0.29) is 0 Å². The number of hydrogen-bond acceptors (Lipinski definition) is 3. The van der Waals surface area contributed by atoms with Gasteiger partial charge < -0.3 is 5.32 Å². The molecule has 102 valence electrons. The molecule has 0 saturated heterocycles. The van der Waals surface area contributed by atoms with Crippen molar-refractivity contribution in [2.24, 2.45) is 5.92 Å². The molecule has 0 spiro atoms. The fraction of sp³-hybridized carbons (Fsp3) is 0.800. The largest absolute Gasteiger partial charge is 0.314 e. The Labute approximate surface area is 115 Å². The van der Waals surface area contributed by atoms with Crippen LogP contribution < -0.4 is 5.32 Å². The molecule has 2 nitrogen and oxygen atoms in total. The van der Waals surface area contributed by atoms with Crippen LogP contribution in [0.2, 0.25) is 0 Å². The Kier molecular flexibility index (Phi) is 5.64. The molecule has 1 fully saturated rings. The number of aryl methyl sites for hydroxylation is 1. The van der Waals surface area contributed by atoms with Gasteiger partial charge in [0.05, 0.1) is 11.2 Å². The molecular formula is C15H26N2S. The Bertz CT molecular complexity index is 340. The molecule has 0 radical (unpaired) electrons. The van der Waals surface area contributed by atoms with E-state index in [0.29, 0.717) is 0 Å². The Morgan fingerprint density at radius 1 is 1.33 bits per heavy atom. The van der Waals surface area contributed by atoms with Crippen molar-refractivity contribution < 1.29 is 0 Å². The SMILES string of the molecule is CCCC1CCC(NCCc2scnc2C)CC1. The highest BCUT2D eigenvalue weighted by atomic mass is 32.1. The molecule has 0 aliphatic heterocycles. The Hall–Kier alpha value is -0.410. The summed E-state index contributed by atoms with van der Waals surface area (Å²) in [5.41, 5.74) is 3.18. The third kappa shape index (κ3) is 4.06. The van der Waals surface area contributed by atoms with Gasteiger partial charge in [-0.15, -0.1) is 11.3 Å². The van der Waals surface area contributed by atoms with Crippen LogP contribution in [0.4, 0.5) is 0 Å². The van der Waals surface area contributed by atoms with Crippen LogP contribution >= 0.6 is 11.3 Å². The van der Waals surface area contributed by atoms with Crippen LogP contribution in [0.3, 0.4) is 0 Å². The predicted molar refractivity (Wildman–Crippen MR) is 79.2 cm³/mol. The first kappa shape index (κ1) is 14.0. The predicted octanol–water partition coefficient (Wildman–Crippen LogP) is 3.94. The summed E-state index contributed by atoms with van der Waals surface area (Å²) in [6.45, 7) is 5.54. The Morgan fingerprint density at radius 2 is 2.11 bits per heavy atom. The van der Waals surface area contributed by atoms with Crippen LogP contribution in [0.5, 0.6) is 0 Å². The zero-order chi connectivity index (χ0) is 12.8. The van der Waals surface area contributed by atoms with Gasteiger partial charge in [-0.05, 0) is 44.9 Å². The van der Waals surface area contributed by atoms with Gasteiger partial charge in [-0.25, -0.2) is 4.98 Å². The number of nitrogens with one attached hydrogen (secondary N) is 1. The minimum Gasteiger partial charge on any atom is -0.314 e. The van der Waals surface area contributed by atoms with Gasteiger partial charge in [-0.3, -0.25) is 0 Å². The van der Waals surface area contributed by atoms with Crippen molar-refractivity contribution in [1.29, 1.82) is 0 Å². The molecule has 1 aromatic heterocycles. The molecule has 0 bridgehead atoms. The second kappa shape index (κ2) is 7.25. The molecule has 1 aliphatic rings. The zero-order valence-electron chi connectivity index (χ0n) is 11.7. The zero-order valence-corrected chi connectivity index (χ0v) is 12.6. The quantitative estimate of drug-likeness (QED) is 0.843. The highest BCUT2D eigenvalue weighted by Crippen LogP contribution is 2.27. The van der Waals surface area contributed by atoms with Crippen LogP contribution in [-0.4, -0.2) is 17.6 Å². The van der Waals surface area contributed by atoms with Crippen LogP contribution in [0.15, 0.2) is 5.51 Å². The normalized spacial score (nSPS) is 24.3. The molecule has 1 aliphatic carbocycles. The third-order valence-corrected chi connectivity index (χ3v) is 5.17. The smallest absolute Gasteiger partial charge is 0.0797 e. The van der Waals surface area contributed by atoms with Gasteiger partial charge in [-0.2, -0.15) is 0 Å². The minimum absolute atomic E-state index is 0.770. The van der Waals surface area contributed by atoms with Gasteiger partial charge >= 0.3 is 0 Å². The van der Waals surface area contributed by atoms with E-state index in [1.165, 1.54) is 49.1 Å². The highest BCUT2D eigenvalue weighted by Gasteiger charge is 2.19. The number of aromatic nitrogens is 1. The summed E-state index contributed by atoms with van der Waals surface area (Å²) in [4.78, 5) is 5.75. The van der Waals surface area contributed by atoms with E-state index in [1.807, 2.05) is 5.51 Å². The molecule has 2 rings (SSSR count). The molecule has 1 saturated carbocycles. The van der Waals surface area contributed by atoms with Gasteiger partial charge in [0.1, 0.15) is 0 Å². The molecule has 3 heteroatoms. The third-order valence-electron chi connectivity index (χ3n) is 4.17. The van der Waals surface area contributed by atoms with Gasteiger partial charge in [0.25, 0.3) is 0 Å². The second-order valence-corrected chi connectivity index (χ2v) is 6.51. The molecule has 0 unspecified atom stereocenters. The fourth-order valence-electron chi connectivity index (χ4n) is 3.02. The van der Waals surface area contributed by atoms with Crippen LogP contribution in [0.1, 0.15) is 56.0 Å². The van der Waals surface area contributed by atoms with E-state index >= 15 is 0 Å². The van der Waals surface area contributed by atoms with Crippen LogP contribution in [0.25, 0.3) is 0 Å². The monoisotopic (exact) mass is 266 g/mol. The standard InChI is InChI=1S/C15H26N2S/c1-3-4-13-5-7-14(8-6-13)16-10-9-15-12(2)17-11-18-15/h11,13-14,16H,3-10H2,1-2H3. The highest BCUT2D eigenvalue weighted by molar-refractivity contribution is 7.09. The summed E-state index contributed by atoms with van der Waals surface area (Å²) in [6.07, 6.45) is 9.57. The summed E-state index contributed by atoms with van der Waals surface area (Å²) >= 11 is 1.79. The Morgan fingerprint density at radius 3 is 2.72 bits per heavy atom. The lowest BCUT2D eigenvalue weighted by atomic mass is 9.83. The number of hydrogen-bond donors (Lipinski definition) is 1. The molecule has 0 atom stereocenters. The topological polar surface area (TPSA) is 24.9 Å². The summed E-state index contributed by atoms with van der Waals surface area (Å²) in [7, 11) is 0. The van der Waals surface area contributed by atoms with Crippen LogP contribution in [-0.2, 0) is 6.42 Å². The molecule has 0 amide bonds. The van der Waals surface area contributed by atoms with Crippen LogP contribution in [0, 0.1) is 12.8 Å². The number of rotatable bonds is 6. The van der Waals surface area contributed by atoms with E-state index in [1.54, 1.807) is 11.3 Å². The lowest BCUT2D eigenvalue weighted by Gasteiger charge is -2.29. The first-order chi connectivity index (χ1) is 8.79. The van der Waals surface area contributed by atoms with Gasteiger partial charge in [0, 0.05) is 17.5 Å². The lowest BCUT2D eigenvalue weighted by Crippen LogP contribution is -2.34. The average molecular weight is 266 g/mol. The van der Waals surface area contributed by atoms with E-state index in [2.05, 4.69) is 24.1 Å². The summed E-state index contributed by atoms with van der Waals surface area (Å²) < 4.78 is 0. The number of nitrogens with zero attached hydrogens (tertiary/aromatic N) is 1. The van der Waals surface area contributed by atoms with Crippen molar-refractivity contribution in [3.63, 3.8) is 0 Å². The Balaban J connectivity index is 1.62. The molecular weight excluding hydrogens is 240 g/mol. The molecule has 0 aromatic carbocycles. The first-order valence-electron chi connectivity index (χ1n) is 7.42. The maximum atomic E-state index is 4.30. The minimum atomic E-state index is 0.770. The van der Waals surface area contributed by atoms with Crippen molar-refractivity contribution >= 4 is 11.3 Å². The van der Waals surface area contributed by atoms with Crippen molar-refractivity contribution in [3.8, 4) is 0 Å². The van der Waals surface area contributed by atoms with Crippen molar-refractivity contribution in [2.45, 2.75) is 64.8 Å². The number of thiazole rings is 1. The molecule has 1 aromatic rings. The van der Waals surface area contributed by atoms with E-state index < -0.39 is 0 Å². The maximum absolute atomic E-state index is 4.30. The molecule has 1 heterocycles. The summed E-state index contributed by atoms with van der Waals surface area (Å²) in [5, 5.41) is 3.73. The average Bonchev–Trinajstić information content (AvgIpc) is 2.78. The lowest BCUT2D eigenvalue weighted by molar-refractivity contribution is 0.279. The maximum Gasteiger partial charge on any atom is 0.0797 e. The van der Waals surface area contributed by atoms with E-state index in [4.69, 9.17) is 0 Å². The second-order valence-electron chi connectivity index (χ2n) is 5.57. The van der Waals surface area contributed by atoms with Gasteiger partial charge in [0.2, 0.25) is 0 Å². The molecule has 1 N–H and O–H groups in total. The summed E-state index contributed by atoms with van der Waals surface area (Å²) in [5.74, 6) is 1.01. The van der Waals surface area contributed by atoms with Crippen molar-refractivity contribution in [1.82, 2.24) is 10.3 Å². The van der Waals surface area contributed by atoms with Gasteiger partial charge in [0.15, 0.2) is 0 Å². The summed E-state index contributed by atoms with van der Waals surface area (Å²) in [6, 6.07) is 0.770. The van der Waals surface area contributed by atoms with E-state index in [9.17, 15) is 0 Å². The van der Waals surface area contributed by atoms with Crippen molar-refractivity contribution in [2.75, 3.05) is 6.54 Å². The first-order valence-corrected chi connectivity index (χ1v) is 8.30. The fourth-order valence-corrected chi connectivity index (χ4v) is 3.80.